The quantitative estimate of drug-likeness (QED) is 0.846. The van der Waals surface area contributed by atoms with E-state index in [1.54, 1.807) is 0 Å². The van der Waals surface area contributed by atoms with Gasteiger partial charge in [0, 0.05) is 32.8 Å². The van der Waals surface area contributed by atoms with Gasteiger partial charge in [-0.25, -0.2) is 0 Å². The Labute approximate surface area is 121 Å². The van der Waals surface area contributed by atoms with Crippen molar-refractivity contribution in [1.82, 2.24) is 4.90 Å². The molecule has 0 bridgehead atoms. The summed E-state index contributed by atoms with van der Waals surface area (Å²) in [5, 5.41) is 0. The second kappa shape index (κ2) is 5.84. The zero-order chi connectivity index (χ0) is 14.1. The van der Waals surface area contributed by atoms with Crippen LogP contribution >= 0.6 is 0 Å². The van der Waals surface area contributed by atoms with E-state index in [0.717, 1.165) is 32.5 Å². The summed E-state index contributed by atoms with van der Waals surface area (Å²) >= 11 is 0. The van der Waals surface area contributed by atoms with Gasteiger partial charge in [-0.05, 0) is 32.3 Å². The molecule has 3 rings (SSSR count). The van der Waals surface area contributed by atoms with E-state index in [4.69, 9.17) is 9.47 Å². The van der Waals surface area contributed by atoms with Crippen molar-refractivity contribution in [2.24, 2.45) is 0 Å². The molecule has 0 aliphatic carbocycles. The second-order valence-electron chi connectivity index (χ2n) is 6.22. The number of hydrogen-bond acceptors (Lipinski definition) is 3. The van der Waals surface area contributed by atoms with Crippen molar-refractivity contribution in [3.05, 3.63) is 34.9 Å². The lowest BCUT2D eigenvalue weighted by Crippen LogP contribution is -2.52. The highest BCUT2D eigenvalue weighted by atomic mass is 16.5. The molecule has 2 heterocycles. The molecule has 0 saturated carbocycles. The summed E-state index contributed by atoms with van der Waals surface area (Å²) in [4.78, 5) is 2.58. The van der Waals surface area contributed by atoms with E-state index in [1.165, 1.54) is 16.7 Å². The topological polar surface area (TPSA) is 21.7 Å². The fourth-order valence-electron chi connectivity index (χ4n) is 3.81. The SMILES string of the molecule is CO[C@@H]1CCN(Cc2cc(C)cc(C)c2)[C@@H]2CCO[C@H]21. The van der Waals surface area contributed by atoms with Crippen LogP contribution < -0.4 is 0 Å². The van der Waals surface area contributed by atoms with Crippen molar-refractivity contribution < 1.29 is 9.47 Å². The highest BCUT2D eigenvalue weighted by molar-refractivity contribution is 5.28. The smallest absolute Gasteiger partial charge is 0.0992 e. The van der Waals surface area contributed by atoms with Gasteiger partial charge in [-0.15, -0.1) is 0 Å². The Balaban J connectivity index is 1.74. The van der Waals surface area contributed by atoms with Crippen LogP contribution in [-0.2, 0) is 16.0 Å². The number of nitrogens with zero attached hydrogens (tertiary/aromatic N) is 1. The molecular formula is C17H25NO2. The van der Waals surface area contributed by atoms with Crippen molar-refractivity contribution in [2.75, 3.05) is 20.3 Å². The number of methoxy groups -OCH3 is 1. The van der Waals surface area contributed by atoms with Gasteiger partial charge in [-0.2, -0.15) is 0 Å². The highest BCUT2D eigenvalue weighted by Crippen LogP contribution is 2.31. The average Bonchev–Trinajstić information content (AvgIpc) is 2.87. The molecule has 2 aliphatic rings. The van der Waals surface area contributed by atoms with E-state index >= 15 is 0 Å². The normalized spacial score (nSPS) is 30.4. The summed E-state index contributed by atoms with van der Waals surface area (Å²) in [5.41, 5.74) is 4.13. The van der Waals surface area contributed by atoms with E-state index in [0.29, 0.717) is 6.04 Å². The Morgan fingerprint density at radius 3 is 2.65 bits per heavy atom. The largest absolute Gasteiger partial charge is 0.379 e. The number of benzene rings is 1. The Bertz CT molecular complexity index is 454. The summed E-state index contributed by atoms with van der Waals surface area (Å²) < 4.78 is 11.5. The zero-order valence-electron chi connectivity index (χ0n) is 12.8. The van der Waals surface area contributed by atoms with Crippen LogP contribution in [0.4, 0.5) is 0 Å². The van der Waals surface area contributed by atoms with Gasteiger partial charge in [0.15, 0.2) is 0 Å². The number of rotatable bonds is 3. The first-order chi connectivity index (χ1) is 9.67. The maximum Gasteiger partial charge on any atom is 0.0992 e. The number of hydrogen-bond donors (Lipinski definition) is 0. The monoisotopic (exact) mass is 275 g/mol. The van der Waals surface area contributed by atoms with Gasteiger partial charge in [0.25, 0.3) is 0 Å². The summed E-state index contributed by atoms with van der Waals surface area (Å²) in [6.45, 7) is 7.36. The van der Waals surface area contributed by atoms with Gasteiger partial charge in [-0.1, -0.05) is 29.3 Å². The molecule has 0 radical (unpaired) electrons. The van der Waals surface area contributed by atoms with Crippen LogP contribution in [0.15, 0.2) is 18.2 Å². The minimum atomic E-state index is 0.264. The highest BCUT2D eigenvalue weighted by Gasteiger charge is 2.42. The number of fused-ring (bicyclic) bond motifs is 1. The number of piperidine rings is 1. The molecule has 0 spiro atoms. The van der Waals surface area contributed by atoms with Gasteiger partial charge < -0.3 is 9.47 Å². The summed E-state index contributed by atoms with van der Waals surface area (Å²) in [6.07, 6.45) is 2.75. The molecule has 110 valence electrons. The third-order valence-corrected chi connectivity index (χ3v) is 4.61. The van der Waals surface area contributed by atoms with Crippen molar-refractivity contribution in [3.8, 4) is 0 Å². The third kappa shape index (κ3) is 2.76. The third-order valence-electron chi connectivity index (χ3n) is 4.61. The van der Waals surface area contributed by atoms with Crippen LogP contribution in [0.5, 0.6) is 0 Å². The van der Waals surface area contributed by atoms with Crippen LogP contribution in [0.3, 0.4) is 0 Å². The minimum Gasteiger partial charge on any atom is -0.379 e. The van der Waals surface area contributed by atoms with Crippen LogP contribution in [-0.4, -0.2) is 43.4 Å². The summed E-state index contributed by atoms with van der Waals surface area (Å²) in [6, 6.07) is 7.37. The predicted octanol–water partition coefficient (Wildman–Crippen LogP) is 2.68. The molecule has 0 N–H and O–H groups in total. The van der Waals surface area contributed by atoms with Crippen LogP contribution in [0, 0.1) is 13.8 Å². The van der Waals surface area contributed by atoms with Crippen molar-refractivity contribution >= 4 is 0 Å². The Morgan fingerprint density at radius 1 is 1.20 bits per heavy atom. The fourth-order valence-corrected chi connectivity index (χ4v) is 3.81. The summed E-state index contributed by atoms with van der Waals surface area (Å²) in [7, 11) is 1.81. The van der Waals surface area contributed by atoms with Gasteiger partial charge in [0.1, 0.15) is 0 Å². The standard InChI is InChI=1S/C17H25NO2/c1-12-8-13(2)10-14(9-12)11-18-6-4-16(19-3)17-15(18)5-7-20-17/h8-10,15-17H,4-7,11H2,1-3H3/t15-,16-,17-/m1/s1. The lowest BCUT2D eigenvalue weighted by atomic mass is 9.94. The number of ether oxygens (including phenoxy) is 2. The Kier molecular flexibility index (Phi) is 4.11. The first-order valence-electron chi connectivity index (χ1n) is 7.63. The predicted molar refractivity (Wildman–Crippen MR) is 79.9 cm³/mol. The molecule has 3 nitrogen and oxygen atoms in total. The lowest BCUT2D eigenvalue weighted by Gasteiger charge is -2.40. The van der Waals surface area contributed by atoms with E-state index < -0.39 is 0 Å². The van der Waals surface area contributed by atoms with Crippen molar-refractivity contribution in [3.63, 3.8) is 0 Å². The minimum absolute atomic E-state index is 0.264. The first-order valence-corrected chi connectivity index (χ1v) is 7.63. The molecule has 0 amide bonds. The second-order valence-corrected chi connectivity index (χ2v) is 6.22. The molecule has 20 heavy (non-hydrogen) atoms. The maximum absolute atomic E-state index is 5.91. The summed E-state index contributed by atoms with van der Waals surface area (Å²) in [5.74, 6) is 0. The Hall–Kier alpha value is -0.900. The molecule has 2 fully saturated rings. The van der Waals surface area contributed by atoms with Gasteiger partial charge in [0.2, 0.25) is 0 Å². The van der Waals surface area contributed by atoms with Crippen LogP contribution in [0.25, 0.3) is 0 Å². The van der Waals surface area contributed by atoms with E-state index in [2.05, 4.69) is 36.9 Å². The van der Waals surface area contributed by atoms with Crippen LogP contribution in [0.1, 0.15) is 29.5 Å². The van der Waals surface area contributed by atoms with E-state index in [1.807, 2.05) is 7.11 Å². The molecule has 0 unspecified atom stereocenters. The molecule has 1 aromatic carbocycles. The molecule has 1 aromatic rings. The van der Waals surface area contributed by atoms with Crippen molar-refractivity contribution in [1.29, 1.82) is 0 Å². The van der Waals surface area contributed by atoms with Crippen molar-refractivity contribution in [2.45, 2.75) is 51.5 Å². The van der Waals surface area contributed by atoms with Gasteiger partial charge in [0.05, 0.1) is 12.2 Å². The van der Waals surface area contributed by atoms with Gasteiger partial charge in [-0.3, -0.25) is 4.90 Å². The Morgan fingerprint density at radius 2 is 1.95 bits per heavy atom. The van der Waals surface area contributed by atoms with Crippen LogP contribution in [0.2, 0.25) is 0 Å². The molecule has 3 heteroatoms. The average molecular weight is 275 g/mol. The fraction of sp³-hybridized carbons (Fsp3) is 0.647. The lowest BCUT2D eigenvalue weighted by molar-refractivity contribution is -0.0845. The van der Waals surface area contributed by atoms with Gasteiger partial charge >= 0.3 is 0 Å². The van der Waals surface area contributed by atoms with E-state index in [-0.39, 0.29) is 12.2 Å². The molecule has 2 aliphatic heterocycles. The molecule has 0 aromatic heterocycles. The molecule has 3 atom stereocenters. The van der Waals surface area contributed by atoms with E-state index in [9.17, 15) is 0 Å². The first kappa shape index (κ1) is 14.1. The number of aryl methyl sites for hydroxylation is 2. The zero-order valence-corrected chi connectivity index (χ0v) is 12.8. The molecule has 2 saturated heterocycles. The number of likely N-dealkylation sites (tertiary alicyclic amines) is 1. The molecular weight excluding hydrogens is 250 g/mol. The maximum atomic E-state index is 5.91.